The number of rotatable bonds is 3. The Kier molecular flexibility index (Phi) is 3.25. The molecule has 1 aromatic heterocycles. The van der Waals surface area contributed by atoms with Gasteiger partial charge < -0.3 is 10.4 Å². The number of fused-ring (bicyclic) bond motifs is 1. The van der Waals surface area contributed by atoms with Crippen molar-refractivity contribution in [3.63, 3.8) is 0 Å². The number of nitrogens with zero attached hydrogens (tertiary/aromatic N) is 1. The van der Waals surface area contributed by atoms with Gasteiger partial charge in [-0.15, -0.1) is 0 Å². The van der Waals surface area contributed by atoms with Crippen LogP contribution in [0, 0.1) is 6.92 Å². The molecule has 0 spiro atoms. The minimum atomic E-state index is 0.291. The molecule has 2 N–H and O–H groups in total. The van der Waals surface area contributed by atoms with E-state index in [4.69, 9.17) is 0 Å². The highest BCUT2D eigenvalue weighted by atomic mass is 16.3. The Bertz CT molecular complexity index is 736. The van der Waals surface area contributed by atoms with Crippen molar-refractivity contribution in [2.45, 2.75) is 13.5 Å². The van der Waals surface area contributed by atoms with E-state index in [0.29, 0.717) is 12.3 Å². The Labute approximate surface area is 117 Å². The number of anilines is 1. The molecule has 100 valence electrons. The van der Waals surface area contributed by atoms with Crippen molar-refractivity contribution in [1.29, 1.82) is 0 Å². The zero-order chi connectivity index (χ0) is 13.9. The number of hydrogen-bond acceptors (Lipinski definition) is 3. The lowest BCUT2D eigenvalue weighted by Crippen LogP contribution is -2.01. The second kappa shape index (κ2) is 5.21. The normalized spacial score (nSPS) is 10.7. The van der Waals surface area contributed by atoms with Crippen LogP contribution in [0.15, 0.2) is 54.6 Å². The fourth-order valence-corrected chi connectivity index (χ4v) is 2.27. The lowest BCUT2D eigenvalue weighted by molar-refractivity contribution is 0.475. The van der Waals surface area contributed by atoms with E-state index in [9.17, 15) is 5.11 Å². The number of phenols is 1. The summed E-state index contributed by atoms with van der Waals surface area (Å²) in [6.45, 7) is 2.71. The van der Waals surface area contributed by atoms with E-state index < -0.39 is 0 Å². The van der Waals surface area contributed by atoms with Crippen molar-refractivity contribution in [2.24, 2.45) is 0 Å². The number of benzene rings is 2. The van der Waals surface area contributed by atoms with Gasteiger partial charge in [-0.3, -0.25) is 4.98 Å². The molecule has 0 aliphatic rings. The summed E-state index contributed by atoms with van der Waals surface area (Å²) >= 11 is 0. The Morgan fingerprint density at radius 1 is 1.05 bits per heavy atom. The molecule has 0 bridgehead atoms. The van der Waals surface area contributed by atoms with Crippen LogP contribution in [0.5, 0.6) is 5.75 Å². The molecule has 3 nitrogen and oxygen atoms in total. The van der Waals surface area contributed by atoms with E-state index in [1.54, 1.807) is 12.1 Å². The number of aromatic hydroxyl groups is 1. The Morgan fingerprint density at radius 2 is 1.80 bits per heavy atom. The van der Waals surface area contributed by atoms with Gasteiger partial charge in [-0.05, 0) is 36.8 Å². The van der Waals surface area contributed by atoms with Gasteiger partial charge in [-0.2, -0.15) is 0 Å². The van der Waals surface area contributed by atoms with E-state index in [-0.39, 0.29) is 0 Å². The monoisotopic (exact) mass is 264 g/mol. The van der Waals surface area contributed by atoms with Gasteiger partial charge >= 0.3 is 0 Å². The largest absolute Gasteiger partial charge is 0.508 e. The summed E-state index contributed by atoms with van der Waals surface area (Å²) in [6.07, 6.45) is 0. The van der Waals surface area contributed by atoms with E-state index in [1.807, 2.05) is 37.3 Å². The topological polar surface area (TPSA) is 45.1 Å². The van der Waals surface area contributed by atoms with Crippen LogP contribution in [0.4, 0.5) is 5.69 Å². The minimum Gasteiger partial charge on any atom is -0.508 e. The number of para-hydroxylation sites is 1. The van der Waals surface area contributed by atoms with E-state index in [1.165, 1.54) is 0 Å². The third kappa shape index (κ3) is 2.57. The zero-order valence-corrected chi connectivity index (χ0v) is 11.3. The molecular weight excluding hydrogens is 248 g/mol. The molecule has 1 heterocycles. The van der Waals surface area contributed by atoms with Gasteiger partial charge in [-0.25, -0.2) is 0 Å². The average molecular weight is 264 g/mol. The van der Waals surface area contributed by atoms with Gasteiger partial charge in [0, 0.05) is 23.3 Å². The first-order chi connectivity index (χ1) is 9.72. The Morgan fingerprint density at radius 3 is 2.60 bits per heavy atom. The Balaban J connectivity index is 1.88. The van der Waals surface area contributed by atoms with Gasteiger partial charge in [0.2, 0.25) is 0 Å². The molecule has 2 aromatic carbocycles. The standard InChI is InChI=1S/C17H16N2O/c1-12-10-17(15-4-2-3-5-16(15)19-12)18-11-13-6-8-14(20)9-7-13/h2-10,20H,11H2,1H3,(H,18,19). The average Bonchev–Trinajstić information content (AvgIpc) is 2.46. The molecule has 3 aromatic rings. The van der Waals surface area contributed by atoms with Gasteiger partial charge in [0.15, 0.2) is 0 Å². The van der Waals surface area contributed by atoms with Crippen LogP contribution in [0.3, 0.4) is 0 Å². The van der Waals surface area contributed by atoms with Crippen LogP contribution in [0.2, 0.25) is 0 Å². The second-order valence-corrected chi connectivity index (χ2v) is 4.85. The number of aryl methyl sites for hydroxylation is 1. The van der Waals surface area contributed by atoms with Crippen molar-refractivity contribution >= 4 is 16.6 Å². The lowest BCUT2D eigenvalue weighted by Gasteiger charge is -2.11. The molecule has 20 heavy (non-hydrogen) atoms. The number of nitrogens with one attached hydrogen (secondary N) is 1. The lowest BCUT2D eigenvalue weighted by atomic mass is 10.1. The third-order valence-corrected chi connectivity index (χ3v) is 3.26. The fraction of sp³-hybridized carbons (Fsp3) is 0.118. The molecule has 0 radical (unpaired) electrons. The number of hydrogen-bond donors (Lipinski definition) is 2. The van der Waals surface area contributed by atoms with Crippen molar-refractivity contribution in [3.8, 4) is 5.75 Å². The summed E-state index contributed by atoms with van der Waals surface area (Å²) in [5.41, 5.74) is 4.21. The van der Waals surface area contributed by atoms with Gasteiger partial charge in [0.05, 0.1) is 5.52 Å². The molecule has 0 aliphatic heterocycles. The molecule has 0 saturated heterocycles. The number of aromatic nitrogens is 1. The van der Waals surface area contributed by atoms with Crippen LogP contribution >= 0.6 is 0 Å². The van der Waals surface area contributed by atoms with E-state index >= 15 is 0 Å². The maximum Gasteiger partial charge on any atom is 0.115 e. The first-order valence-electron chi connectivity index (χ1n) is 6.60. The Hall–Kier alpha value is -2.55. The van der Waals surface area contributed by atoms with Crippen LogP contribution < -0.4 is 5.32 Å². The maximum absolute atomic E-state index is 9.29. The van der Waals surface area contributed by atoms with Crippen molar-refractivity contribution in [3.05, 3.63) is 65.9 Å². The highest BCUT2D eigenvalue weighted by Gasteiger charge is 2.03. The molecule has 0 amide bonds. The summed E-state index contributed by atoms with van der Waals surface area (Å²) in [5.74, 6) is 0.291. The van der Waals surface area contributed by atoms with Crippen LogP contribution in [0.1, 0.15) is 11.3 Å². The van der Waals surface area contributed by atoms with E-state index in [2.05, 4.69) is 22.4 Å². The summed E-state index contributed by atoms with van der Waals surface area (Å²) in [4.78, 5) is 4.53. The highest BCUT2D eigenvalue weighted by molar-refractivity contribution is 5.91. The highest BCUT2D eigenvalue weighted by Crippen LogP contribution is 2.23. The molecule has 0 fully saturated rings. The van der Waals surface area contributed by atoms with Crippen molar-refractivity contribution in [1.82, 2.24) is 4.98 Å². The number of pyridine rings is 1. The van der Waals surface area contributed by atoms with Crippen molar-refractivity contribution < 1.29 is 5.11 Å². The molecule has 3 heteroatoms. The first-order valence-corrected chi connectivity index (χ1v) is 6.60. The molecule has 0 saturated carbocycles. The molecule has 0 atom stereocenters. The predicted octanol–water partition coefficient (Wildman–Crippen LogP) is 3.86. The van der Waals surface area contributed by atoms with Crippen molar-refractivity contribution in [2.75, 3.05) is 5.32 Å². The van der Waals surface area contributed by atoms with Gasteiger partial charge in [0.1, 0.15) is 5.75 Å². The predicted molar refractivity (Wildman–Crippen MR) is 81.9 cm³/mol. The van der Waals surface area contributed by atoms with Crippen LogP contribution in [0.25, 0.3) is 10.9 Å². The molecule has 0 unspecified atom stereocenters. The summed E-state index contributed by atoms with van der Waals surface area (Å²) < 4.78 is 0. The number of phenolic OH excluding ortho intramolecular Hbond substituents is 1. The first kappa shape index (κ1) is 12.5. The zero-order valence-electron chi connectivity index (χ0n) is 11.3. The SMILES string of the molecule is Cc1cc(NCc2ccc(O)cc2)c2ccccc2n1. The molecule has 0 aliphatic carbocycles. The summed E-state index contributed by atoms with van der Waals surface area (Å²) in [6, 6.07) is 17.4. The minimum absolute atomic E-state index is 0.291. The summed E-state index contributed by atoms with van der Waals surface area (Å²) in [5, 5.41) is 13.9. The molecule has 3 rings (SSSR count). The second-order valence-electron chi connectivity index (χ2n) is 4.85. The molecular formula is C17H16N2O. The summed E-state index contributed by atoms with van der Waals surface area (Å²) in [7, 11) is 0. The van der Waals surface area contributed by atoms with Crippen LogP contribution in [-0.2, 0) is 6.54 Å². The maximum atomic E-state index is 9.29. The fourth-order valence-electron chi connectivity index (χ4n) is 2.27. The smallest absolute Gasteiger partial charge is 0.115 e. The quantitative estimate of drug-likeness (QED) is 0.755. The van der Waals surface area contributed by atoms with Crippen LogP contribution in [-0.4, -0.2) is 10.1 Å². The van der Waals surface area contributed by atoms with Gasteiger partial charge in [-0.1, -0.05) is 30.3 Å². The third-order valence-electron chi connectivity index (χ3n) is 3.26. The van der Waals surface area contributed by atoms with Gasteiger partial charge in [0.25, 0.3) is 0 Å². The van der Waals surface area contributed by atoms with E-state index in [0.717, 1.165) is 27.8 Å².